The Morgan fingerprint density at radius 3 is 2.67 bits per heavy atom. The van der Waals surface area contributed by atoms with E-state index < -0.39 is 0 Å². The molecule has 0 spiro atoms. The summed E-state index contributed by atoms with van der Waals surface area (Å²) in [6.45, 7) is 1.10. The van der Waals surface area contributed by atoms with Crippen molar-refractivity contribution in [2.24, 2.45) is 11.7 Å². The Morgan fingerprint density at radius 2 is 2.11 bits per heavy atom. The third-order valence-corrected chi connectivity index (χ3v) is 4.20. The summed E-state index contributed by atoms with van der Waals surface area (Å²) in [5, 5.41) is 0.637. The third kappa shape index (κ3) is 3.15. The molecular weight excluding hydrogens is 264 g/mol. The Hall–Kier alpha value is -0.800. The number of benzene rings is 1. The number of rotatable bonds is 4. The van der Waals surface area contributed by atoms with E-state index >= 15 is 0 Å². The van der Waals surface area contributed by atoms with Crippen molar-refractivity contribution >= 4 is 34.5 Å². The highest BCUT2D eigenvalue weighted by atomic mass is 35.5. The van der Waals surface area contributed by atoms with Crippen molar-refractivity contribution in [2.75, 3.05) is 18.5 Å². The van der Waals surface area contributed by atoms with Crippen LogP contribution in [0.25, 0.3) is 0 Å². The van der Waals surface area contributed by atoms with Gasteiger partial charge >= 0.3 is 0 Å². The predicted molar refractivity (Wildman–Crippen MR) is 82.6 cm³/mol. The van der Waals surface area contributed by atoms with Crippen LogP contribution < -0.4 is 10.6 Å². The molecule has 18 heavy (non-hydrogen) atoms. The van der Waals surface area contributed by atoms with E-state index in [9.17, 15) is 0 Å². The predicted octanol–water partition coefficient (Wildman–Crippen LogP) is 3.60. The van der Waals surface area contributed by atoms with Gasteiger partial charge in [-0.05, 0) is 37.0 Å². The van der Waals surface area contributed by atoms with Crippen LogP contribution in [0.1, 0.15) is 31.2 Å². The largest absolute Gasteiger partial charge is 0.389 e. The fourth-order valence-corrected chi connectivity index (χ4v) is 3.14. The van der Waals surface area contributed by atoms with Crippen LogP contribution >= 0.6 is 23.8 Å². The molecule has 4 heteroatoms. The van der Waals surface area contributed by atoms with Crippen molar-refractivity contribution in [3.05, 3.63) is 28.8 Å². The molecule has 0 unspecified atom stereocenters. The number of hydrogen-bond donors (Lipinski definition) is 1. The molecule has 0 aliphatic heterocycles. The van der Waals surface area contributed by atoms with Crippen LogP contribution in [0, 0.1) is 5.92 Å². The molecule has 1 aromatic rings. The van der Waals surface area contributed by atoms with Crippen molar-refractivity contribution < 1.29 is 0 Å². The van der Waals surface area contributed by atoms with Gasteiger partial charge in [-0.1, -0.05) is 36.7 Å². The number of hydrogen-bond acceptors (Lipinski definition) is 2. The molecule has 0 bridgehead atoms. The smallest absolute Gasteiger partial charge is 0.105 e. The fraction of sp³-hybridized carbons (Fsp3) is 0.500. The van der Waals surface area contributed by atoms with Crippen LogP contribution in [0.3, 0.4) is 0 Å². The first kappa shape index (κ1) is 13.6. The highest BCUT2D eigenvalue weighted by molar-refractivity contribution is 7.80. The average molecular weight is 283 g/mol. The van der Waals surface area contributed by atoms with Gasteiger partial charge in [0, 0.05) is 24.8 Å². The molecule has 0 atom stereocenters. The Bertz CT molecular complexity index is 441. The summed E-state index contributed by atoms with van der Waals surface area (Å²) >= 11 is 11.1. The molecule has 1 fully saturated rings. The maximum atomic E-state index is 6.19. The summed E-state index contributed by atoms with van der Waals surface area (Å²) in [7, 11) is 2.12. The molecule has 2 N–H and O–H groups in total. The molecule has 1 aliphatic rings. The van der Waals surface area contributed by atoms with Gasteiger partial charge in [-0.3, -0.25) is 0 Å². The summed E-state index contributed by atoms with van der Waals surface area (Å²) in [5.74, 6) is 0.823. The summed E-state index contributed by atoms with van der Waals surface area (Å²) in [6.07, 6.45) is 5.45. The molecular formula is C14H19ClN2S. The first-order chi connectivity index (χ1) is 8.58. The third-order valence-electron chi connectivity index (χ3n) is 3.67. The van der Waals surface area contributed by atoms with Crippen molar-refractivity contribution in [1.29, 1.82) is 0 Å². The Balaban J connectivity index is 2.08. The van der Waals surface area contributed by atoms with Gasteiger partial charge in [0.05, 0.1) is 5.02 Å². The molecule has 2 nitrogen and oxygen atoms in total. The average Bonchev–Trinajstić information content (AvgIpc) is 2.81. The lowest BCUT2D eigenvalue weighted by molar-refractivity contribution is 0.547. The van der Waals surface area contributed by atoms with E-state index in [1.54, 1.807) is 0 Å². The Kier molecular flexibility index (Phi) is 4.46. The SMILES string of the molecule is CN(CC1CCCC1)c1ccc(C(N)=S)c(Cl)c1. The van der Waals surface area contributed by atoms with Crippen molar-refractivity contribution in [2.45, 2.75) is 25.7 Å². The highest BCUT2D eigenvalue weighted by Gasteiger charge is 2.17. The van der Waals surface area contributed by atoms with Crippen LogP contribution in [0.4, 0.5) is 5.69 Å². The van der Waals surface area contributed by atoms with E-state index in [0.717, 1.165) is 23.7 Å². The first-order valence-electron chi connectivity index (χ1n) is 6.38. The van der Waals surface area contributed by atoms with E-state index in [2.05, 4.69) is 11.9 Å². The van der Waals surface area contributed by atoms with Gasteiger partial charge in [-0.25, -0.2) is 0 Å². The lowest BCUT2D eigenvalue weighted by Gasteiger charge is -2.23. The summed E-state index contributed by atoms with van der Waals surface area (Å²) in [4.78, 5) is 2.62. The number of nitrogens with two attached hydrogens (primary N) is 1. The van der Waals surface area contributed by atoms with Crippen LogP contribution in [0.5, 0.6) is 0 Å². The molecule has 0 heterocycles. The standard InChI is InChI=1S/C14H19ClN2S/c1-17(9-10-4-2-3-5-10)11-6-7-12(14(16)18)13(15)8-11/h6-8,10H,2-5,9H2,1H3,(H2,16,18). The van der Waals surface area contributed by atoms with Gasteiger partial charge in [-0.15, -0.1) is 0 Å². The minimum atomic E-state index is 0.352. The highest BCUT2D eigenvalue weighted by Crippen LogP contribution is 2.28. The van der Waals surface area contributed by atoms with Gasteiger partial charge in [0.2, 0.25) is 0 Å². The minimum Gasteiger partial charge on any atom is -0.389 e. The van der Waals surface area contributed by atoms with Crippen LogP contribution in [0.2, 0.25) is 5.02 Å². The molecule has 2 rings (SSSR count). The number of anilines is 1. The topological polar surface area (TPSA) is 29.3 Å². The maximum Gasteiger partial charge on any atom is 0.105 e. The second kappa shape index (κ2) is 5.89. The van der Waals surface area contributed by atoms with Crippen molar-refractivity contribution in [1.82, 2.24) is 0 Å². The number of thiocarbonyl (C=S) groups is 1. The lowest BCUT2D eigenvalue weighted by atomic mass is 10.1. The molecule has 0 saturated heterocycles. The molecule has 1 saturated carbocycles. The van der Waals surface area contributed by atoms with E-state index in [0.29, 0.717) is 10.0 Å². The van der Waals surface area contributed by atoms with Crippen molar-refractivity contribution in [3.63, 3.8) is 0 Å². The summed E-state index contributed by atoms with van der Waals surface area (Å²) in [5.41, 5.74) is 7.49. The zero-order valence-electron chi connectivity index (χ0n) is 10.7. The monoisotopic (exact) mass is 282 g/mol. The Labute approximate surface area is 119 Å². The fourth-order valence-electron chi connectivity index (χ4n) is 2.63. The molecule has 0 radical (unpaired) electrons. The zero-order chi connectivity index (χ0) is 13.1. The zero-order valence-corrected chi connectivity index (χ0v) is 12.2. The molecule has 0 aromatic heterocycles. The molecule has 0 amide bonds. The van der Waals surface area contributed by atoms with Gasteiger partial charge in [-0.2, -0.15) is 0 Å². The number of nitrogens with zero attached hydrogens (tertiary/aromatic N) is 1. The van der Waals surface area contributed by atoms with Gasteiger partial charge in [0.25, 0.3) is 0 Å². The van der Waals surface area contributed by atoms with Crippen molar-refractivity contribution in [3.8, 4) is 0 Å². The maximum absolute atomic E-state index is 6.19. The molecule has 1 aliphatic carbocycles. The van der Waals surface area contributed by atoms with Gasteiger partial charge in [0.15, 0.2) is 0 Å². The van der Waals surface area contributed by atoms with E-state index in [4.69, 9.17) is 29.6 Å². The Morgan fingerprint density at radius 1 is 1.44 bits per heavy atom. The van der Waals surface area contributed by atoms with Gasteiger partial charge in [0.1, 0.15) is 4.99 Å². The molecule has 1 aromatic carbocycles. The van der Waals surface area contributed by atoms with Gasteiger partial charge < -0.3 is 10.6 Å². The van der Waals surface area contributed by atoms with E-state index in [1.807, 2.05) is 18.2 Å². The van der Waals surface area contributed by atoms with E-state index in [1.165, 1.54) is 25.7 Å². The molecule has 98 valence electrons. The van der Waals surface area contributed by atoms with Crippen LogP contribution in [-0.4, -0.2) is 18.6 Å². The quantitative estimate of drug-likeness (QED) is 0.856. The summed E-state index contributed by atoms with van der Waals surface area (Å²) in [6, 6.07) is 5.89. The second-order valence-corrected chi connectivity index (χ2v) is 5.91. The first-order valence-corrected chi connectivity index (χ1v) is 7.17. The lowest BCUT2D eigenvalue weighted by Crippen LogP contribution is -2.24. The van der Waals surface area contributed by atoms with Crippen LogP contribution in [0.15, 0.2) is 18.2 Å². The van der Waals surface area contributed by atoms with E-state index in [-0.39, 0.29) is 0 Å². The number of halogens is 1. The minimum absolute atomic E-state index is 0.352. The van der Waals surface area contributed by atoms with Crippen LogP contribution in [-0.2, 0) is 0 Å². The second-order valence-electron chi connectivity index (χ2n) is 5.06. The summed E-state index contributed by atoms with van der Waals surface area (Å²) < 4.78 is 0. The normalized spacial score (nSPS) is 15.9.